The van der Waals surface area contributed by atoms with Crippen molar-refractivity contribution in [3.63, 3.8) is 0 Å². The molecule has 2 aliphatic heterocycles. The van der Waals surface area contributed by atoms with Crippen LogP contribution in [0.2, 0.25) is 0 Å². The molecule has 5 heterocycles. The van der Waals surface area contributed by atoms with Crippen molar-refractivity contribution in [2.24, 2.45) is 0 Å². The van der Waals surface area contributed by atoms with Crippen LogP contribution in [0.3, 0.4) is 0 Å². The smallest absolute Gasteiger partial charge is 0.254 e. The highest BCUT2D eigenvalue weighted by Gasteiger charge is 2.28. The molecule has 0 aliphatic carbocycles. The number of anilines is 2. The van der Waals surface area contributed by atoms with Gasteiger partial charge in [-0.1, -0.05) is 12.1 Å². The average Bonchev–Trinajstić information content (AvgIpc) is 3.60. The van der Waals surface area contributed by atoms with Crippen molar-refractivity contribution in [1.29, 1.82) is 0 Å². The molecule has 2 N–H and O–H groups in total. The minimum absolute atomic E-state index is 0.0897. The SMILES string of the molecule is CN(C)Cc1nc(Nc2ccc(-c3cnc4cnccn34)c3c2C(=O)NC3)ccc1[C@H]1CCOC1. The number of hydrogen-bond donors (Lipinski definition) is 2. The van der Waals surface area contributed by atoms with Gasteiger partial charge < -0.3 is 20.3 Å². The van der Waals surface area contributed by atoms with Gasteiger partial charge in [-0.3, -0.25) is 14.2 Å². The first kappa shape index (κ1) is 21.7. The van der Waals surface area contributed by atoms with Crippen LogP contribution in [0.5, 0.6) is 0 Å². The molecular formula is C26H27N7O2. The lowest BCUT2D eigenvalue weighted by Gasteiger charge is -2.19. The van der Waals surface area contributed by atoms with Crippen molar-refractivity contribution >= 4 is 23.1 Å². The van der Waals surface area contributed by atoms with Crippen LogP contribution in [0.15, 0.2) is 49.1 Å². The molecule has 1 atom stereocenters. The first-order valence-corrected chi connectivity index (χ1v) is 11.8. The zero-order valence-electron chi connectivity index (χ0n) is 19.8. The molecule has 0 spiro atoms. The Morgan fingerprint density at radius 1 is 1.23 bits per heavy atom. The Bertz CT molecular complexity index is 1420. The third kappa shape index (κ3) is 3.92. The summed E-state index contributed by atoms with van der Waals surface area (Å²) in [7, 11) is 4.09. The Hall–Kier alpha value is -3.82. The second-order valence-corrected chi connectivity index (χ2v) is 9.30. The maximum Gasteiger partial charge on any atom is 0.254 e. The van der Waals surface area contributed by atoms with Crippen molar-refractivity contribution in [2.75, 3.05) is 32.6 Å². The van der Waals surface area contributed by atoms with Gasteiger partial charge in [0.25, 0.3) is 5.91 Å². The number of amides is 1. The minimum atomic E-state index is -0.0897. The Morgan fingerprint density at radius 3 is 2.97 bits per heavy atom. The molecule has 0 saturated carbocycles. The van der Waals surface area contributed by atoms with Gasteiger partial charge in [-0.15, -0.1) is 0 Å². The second kappa shape index (κ2) is 8.75. The van der Waals surface area contributed by atoms with Crippen molar-refractivity contribution in [3.05, 3.63) is 71.4 Å². The standard InChI is InChI=1S/C26H27N7O2/c1-32(2)14-21-17(16-7-10-35-15-16)4-6-23(31-21)30-20-5-3-18(19-11-29-26(34)25(19)20)22-12-28-24-13-27-8-9-33(22)24/h3-6,8-9,12-13,16H,7,10-11,14-15H2,1-2H3,(H,29,34)(H,30,31)/t16-/m0/s1. The number of nitrogens with one attached hydrogen (secondary N) is 2. The molecule has 9 heteroatoms. The molecule has 3 aromatic heterocycles. The molecule has 6 rings (SSSR count). The highest BCUT2D eigenvalue weighted by molar-refractivity contribution is 6.06. The Labute approximate surface area is 203 Å². The second-order valence-electron chi connectivity index (χ2n) is 9.30. The van der Waals surface area contributed by atoms with Gasteiger partial charge in [-0.2, -0.15) is 0 Å². The van der Waals surface area contributed by atoms with Crippen LogP contribution >= 0.6 is 0 Å². The zero-order chi connectivity index (χ0) is 23.9. The summed E-state index contributed by atoms with van der Waals surface area (Å²) in [6.07, 6.45) is 8.18. The van der Waals surface area contributed by atoms with Gasteiger partial charge in [0.1, 0.15) is 5.82 Å². The van der Waals surface area contributed by atoms with Gasteiger partial charge in [0.15, 0.2) is 5.65 Å². The lowest BCUT2D eigenvalue weighted by Crippen LogP contribution is -2.16. The van der Waals surface area contributed by atoms with Crippen molar-refractivity contribution in [2.45, 2.75) is 25.4 Å². The summed E-state index contributed by atoms with van der Waals surface area (Å²) in [5, 5.41) is 6.41. The third-order valence-electron chi connectivity index (χ3n) is 6.67. The number of hydrogen-bond acceptors (Lipinski definition) is 7. The molecule has 4 aromatic rings. The molecule has 0 radical (unpaired) electrons. The van der Waals surface area contributed by atoms with E-state index in [-0.39, 0.29) is 5.91 Å². The van der Waals surface area contributed by atoms with Gasteiger partial charge in [-0.25, -0.2) is 9.97 Å². The van der Waals surface area contributed by atoms with E-state index in [2.05, 4.69) is 31.6 Å². The Morgan fingerprint density at radius 2 is 2.14 bits per heavy atom. The lowest BCUT2D eigenvalue weighted by molar-refractivity contribution is 0.0966. The number of pyridine rings is 1. The number of fused-ring (bicyclic) bond motifs is 2. The number of carbonyl (C=O) groups excluding carboxylic acids is 1. The highest BCUT2D eigenvalue weighted by atomic mass is 16.5. The Balaban J connectivity index is 1.38. The fourth-order valence-corrected chi connectivity index (χ4v) is 5.03. The summed E-state index contributed by atoms with van der Waals surface area (Å²) in [6, 6.07) is 8.13. The van der Waals surface area contributed by atoms with Crippen LogP contribution in [0.1, 0.15) is 39.5 Å². The van der Waals surface area contributed by atoms with E-state index in [4.69, 9.17) is 9.72 Å². The van der Waals surface area contributed by atoms with Gasteiger partial charge in [0.05, 0.1) is 41.6 Å². The first-order chi connectivity index (χ1) is 17.1. The quantitative estimate of drug-likeness (QED) is 0.447. The van der Waals surface area contributed by atoms with E-state index in [0.717, 1.165) is 65.8 Å². The number of ether oxygens (including phenoxy) is 1. The molecule has 1 amide bonds. The van der Waals surface area contributed by atoms with E-state index in [1.807, 2.05) is 49.1 Å². The number of rotatable bonds is 6. The fourth-order valence-electron chi connectivity index (χ4n) is 5.03. The normalized spacial score (nSPS) is 17.2. The van der Waals surface area contributed by atoms with Crippen molar-refractivity contribution in [3.8, 4) is 11.3 Å². The van der Waals surface area contributed by atoms with E-state index in [0.29, 0.717) is 18.0 Å². The van der Waals surface area contributed by atoms with Crippen LogP contribution in [0.4, 0.5) is 11.5 Å². The summed E-state index contributed by atoms with van der Waals surface area (Å²) >= 11 is 0. The number of nitrogens with zero attached hydrogens (tertiary/aromatic N) is 5. The number of carbonyl (C=O) groups is 1. The monoisotopic (exact) mass is 469 g/mol. The number of imidazole rings is 1. The maximum absolute atomic E-state index is 12.9. The van der Waals surface area contributed by atoms with Crippen molar-refractivity contribution < 1.29 is 9.53 Å². The summed E-state index contributed by atoms with van der Waals surface area (Å²) in [6.45, 7) is 2.74. The molecular weight excluding hydrogens is 442 g/mol. The van der Waals surface area contributed by atoms with Crippen LogP contribution in [-0.2, 0) is 17.8 Å². The Kier molecular flexibility index (Phi) is 5.43. The van der Waals surface area contributed by atoms with Gasteiger partial charge in [0, 0.05) is 43.6 Å². The first-order valence-electron chi connectivity index (χ1n) is 11.8. The molecule has 9 nitrogen and oxygen atoms in total. The van der Waals surface area contributed by atoms with E-state index in [9.17, 15) is 4.79 Å². The van der Waals surface area contributed by atoms with Crippen LogP contribution in [0, 0.1) is 0 Å². The lowest BCUT2D eigenvalue weighted by atomic mass is 9.96. The maximum atomic E-state index is 12.9. The number of aromatic nitrogens is 4. The summed E-state index contributed by atoms with van der Waals surface area (Å²) in [5.74, 6) is 1.01. The molecule has 35 heavy (non-hydrogen) atoms. The third-order valence-corrected chi connectivity index (χ3v) is 6.67. The van der Waals surface area contributed by atoms with E-state index >= 15 is 0 Å². The topological polar surface area (TPSA) is 96.7 Å². The molecule has 2 aliphatic rings. The number of benzene rings is 1. The highest BCUT2D eigenvalue weighted by Crippen LogP contribution is 2.36. The predicted molar refractivity (Wildman–Crippen MR) is 133 cm³/mol. The molecule has 0 unspecified atom stereocenters. The van der Waals surface area contributed by atoms with E-state index in [1.54, 1.807) is 12.4 Å². The van der Waals surface area contributed by atoms with Crippen LogP contribution < -0.4 is 10.6 Å². The predicted octanol–water partition coefficient (Wildman–Crippen LogP) is 3.34. The van der Waals surface area contributed by atoms with Crippen LogP contribution in [-0.4, -0.2) is 57.5 Å². The zero-order valence-corrected chi connectivity index (χ0v) is 19.8. The van der Waals surface area contributed by atoms with Gasteiger partial charge in [-0.05, 0) is 43.8 Å². The fraction of sp³-hybridized carbons (Fsp3) is 0.308. The summed E-state index contributed by atoms with van der Waals surface area (Å²) in [5.41, 5.74) is 7.28. The summed E-state index contributed by atoms with van der Waals surface area (Å²) < 4.78 is 7.60. The van der Waals surface area contributed by atoms with Crippen LogP contribution in [0.25, 0.3) is 16.9 Å². The molecule has 1 saturated heterocycles. The average molecular weight is 470 g/mol. The van der Waals surface area contributed by atoms with Gasteiger partial charge in [0.2, 0.25) is 0 Å². The molecule has 1 aromatic carbocycles. The largest absolute Gasteiger partial charge is 0.381 e. The molecule has 0 bridgehead atoms. The van der Waals surface area contributed by atoms with Crippen molar-refractivity contribution in [1.82, 2.24) is 29.6 Å². The van der Waals surface area contributed by atoms with E-state index < -0.39 is 0 Å². The van der Waals surface area contributed by atoms with E-state index in [1.165, 1.54) is 5.56 Å². The summed E-state index contributed by atoms with van der Waals surface area (Å²) in [4.78, 5) is 28.6. The minimum Gasteiger partial charge on any atom is -0.381 e. The van der Waals surface area contributed by atoms with Gasteiger partial charge >= 0.3 is 0 Å². The molecule has 178 valence electrons. The molecule has 1 fully saturated rings.